The number of methoxy groups -OCH3 is 1. The zero-order valence-electron chi connectivity index (χ0n) is 22.4. The molecule has 204 valence electrons. The second-order valence-corrected chi connectivity index (χ2v) is 12.3. The zero-order chi connectivity index (χ0) is 26.5. The minimum Gasteiger partial charge on any atom is -0.497 e. The second kappa shape index (κ2) is 12.7. The smallest absolute Gasteiger partial charge is 0.248 e. The summed E-state index contributed by atoms with van der Waals surface area (Å²) in [5.74, 6) is 1.24. The van der Waals surface area contributed by atoms with Crippen LogP contribution in [0.2, 0.25) is 0 Å². The van der Waals surface area contributed by atoms with Gasteiger partial charge < -0.3 is 19.5 Å². The molecular weight excluding hydrogens is 482 g/mol. The molecular formula is C26H43N3O6S. The average molecular weight is 526 g/mol. The second-order valence-electron chi connectivity index (χ2n) is 10.4. The van der Waals surface area contributed by atoms with Gasteiger partial charge in [-0.2, -0.15) is 4.31 Å². The number of aryl methyl sites for hydroxylation is 2. The van der Waals surface area contributed by atoms with Crippen LogP contribution in [0.1, 0.15) is 43.2 Å². The number of rotatable bonds is 12. The third-order valence-corrected chi connectivity index (χ3v) is 9.83. The molecule has 36 heavy (non-hydrogen) atoms. The lowest BCUT2D eigenvalue weighted by Crippen LogP contribution is -2.51. The first-order chi connectivity index (χ1) is 17.0. The Morgan fingerprint density at radius 1 is 1.11 bits per heavy atom. The summed E-state index contributed by atoms with van der Waals surface area (Å²) < 4.78 is 38.3. The molecule has 0 aromatic heterocycles. The molecule has 10 heteroatoms. The number of nitrogens with zero attached hydrogens (tertiary/aromatic N) is 3. The van der Waals surface area contributed by atoms with Crippen LogP contribution in [0.5, 0.6) is 5.75 Å². The lowest BCUT2D eigenvalue weighted by Gasteiger charge is -2.38. The lowest BCUT2D eigenvalue weighted by molar-refractivity contribution is -0.137. The molecule has 1 saturated heterocycles. The van der Waals surface area contributed by atoms with Gasteiger partial charge in [-0.15, -0.1) is 0 Å². The fraction of sp³-hybridized carbons (Fsp3) is 0.731. The summed E-state index contributed by atoms with van der Waals surface area (Å²) in [4.78, 5) is 17.0. The predicted octanol–water partition coefficient (Wildman–Crippen LogP) is 2.03. The predicted molar refractivity (Wildman–Crippen MR) is 139 cm³/mol. The summed E-state index contributed by atoms with van der Waals surface area (Å²) >= 11 is 0. The Kier molecular flexibility index (Phi) is 10.2. The van der Waals surface area contributed by atoms with Crippen molar-refractivity contribution in [3.05, 3.63) is 23.3 Å². The van der Waals surface area contributed by atoms with Gasteiger partial charge in [0.25, 0.3) is 0 Å². The standard InChI is InChI=1S/C26H43N3O6S/c1-19-14-24(34-5)15-20(2)26(19)36(32,33)27(3)12-13-35-18-25(31)28(4)22-8-6-21(7-9-22)10-11-29-16-23(30)17-29/h14-15,21-23,30H,6-13,16-18H2,1-5H3. The fourth-order valence-electron chi connectivity index (χ4n) is 5.28. The van der Waals surface area contributed by atoms with Crippen molar-refractivity contribution >= 4 is 15.9 Å². The van der Waals surface area contributed by atoms with Gasteiger partial charge in [-0.3, -0.25) is 9.69 Å². The van der Waals surface area contributed by atoms with Crippen LogP contribution in [-0.4, -0.2) is 106 Å². The van der Waals surface area contributed by atoms with Crippen molar-refractivity contribution in [1.29, 1.82) is 0 Å². The van der Waals surface area contributed by atoms with Crippen molar-refractivity contribution in [3.63, 3.8) is 0 Å². The maximum absolute atomic E-state index is 13.1. The van der Waals surface area contributed by atoms with E-state index in [0.717, 1.165) is 51.7 Å². The van der Waals surface area contributed by atoms with Gasteiger partial charge in [0, 0.05) is 39.8 Å². The Morgan fingerprint density at radius 2 is 1.72 bits per heavy atom. The van der Waals surface area contributed by atoms with Crippen molar-refractivity contribution in [3.8, 4) is 5.75 Å². The summed E-state index contributed by atoms with van der Waals surface area (Å²) in [7, 11) is 1.23. The molecule has 3 rings (SSSR count). The SMILES string of the molecule is COc1cc(C)c(S(=O)(=O)N(C)CCOCC(=O)N(C)C2CCC(CCN3CC(O)C3)CC2)c(C)c1. The maximum atomic E-state index is 13.1. The molecule has 1 N–H and O–H groups in total. The largest absolute Gasteiger partial charge is 0.497 e. The summed E-state index contributed by atoms with van der Waals surface area (Å²) in [6.45, 7) is 6.41. The molecule has 0 bridgehead atoms. The summed E-state index contributed by atoms with van der Waals surface area (Å²) in [6.07, 6.45) is 5.24. The van der Waals surface area contributed by atoms with Gasteiger partial charge in [-0.25, -0.2) is 8.42 Å². The van der Waals surface area contributed by atoms with E-state index < -0.39 is 10.0 Å². The zero-order valence-corrected chi connectivity index (χ0v) is 23.2. The minimum atomic E-state index is -3.69. The maximum Gasteiger partial charge on any atom is 0.248 e. The number of benzene rings is 1. The van der Waals surface area contributed by atoms with Crippen LogP contribution >= 0.6 is 0 Å². The first-order valence-corrected chi connectivity index (χ1v) is 14.3. The third kappa shape index (κ3) is 7.19. The van der Waals surface area contributed by atoms with E-state index >= 15 is 0 Å². The van der Waals surface area contributed by atoms with Crippen LogP contribution in [0.3, 0.4) is 0 Å². The van der Waals surface area contributed by atoms with Crippen LogP contribution in [0.4, 0.5) is 0 Å². The molecule has 1 aromatic rings. The Bertz CT molecular complexity index is 964. The molecule has 1 saturated carbocycles. The first-order valence-electron chi connectivity index (χ1n) is 12.9. The highest BCUT2D eigenvalue weighted by Gasteiger charge is 2.29. The van der Waals surface area contributed by atoms with E-state index in [0.29, 0.717) is 22.8 Å². The summed E-state index contributed by atoms with van der Waals surface area (Å²) in [5.41, 5.74) is 1.26. The van der Waals surface area contributed by atoms with E-state index in [4.69, 9.17) is 9.47 Å². The molecule has 1 aliphatic heterocycles. The Labute approximate surface area is 216 Å². The summed E-state index contributed by atoms with van der Waals surface area (Å²) in [6, 6.07) is 3.65. The molecule has 1 aliphatic carbocycles. The summed E-state index contributed by atoms with van der Waals surface area (Å²) in [5, 5.41) is 9.40. The van der Waals surface area contributed by atoms with Gasteiger partial charge >= 0.3 is 0 Å². The highest BCUT2D eigenvalue weighted by atomic mass is 32.2. The molecule has 1 aromatic carbocycles. The lowest BCUT2D eigenvalue weighted by atomic mass is 9.83. The number of carbonyl (C=O) groups excluding carboxylic acids is 1. The van der Waals surface area contributed by atoms with Crippen molar-refractivity contribution in [2.75, 3.05) is 60.6 Å². The van der Waals surface area contributed by atoms with Crippen LogP contribution in [-0.2, 0) is 19.6 Å². The van der Waals surface area contributed by atoms with E-state index in [1.807, 2.05) is 7.05 Å². The monoisotopic (exact) mass is 525 g/mol. The minimum absolute atomic E-state index is 0.0534. The number of aliphatic hydroxyl groups excluding tert-OH is 1. The van der Waals surface area contributed by atoms with E-state index in [9.17, 15) is 18.3 Å². The normalized spacial score (nSPS) is 21.4. The molecule has 0 spiro atoms. The van der Waals surface area contributed by atoms with Crippen molar-refractivity contribution in [2.45, 2.75) is 63.0 Å². The molecule has 0 unspecified atom stereocenters. The van der Waals surface area contributed by atoms with E-state index in [1.165, 1.54) is 11.4 Å². The quantitative estimate of drug-likeness (QED) is 0.417. The number of hydrogen-bond donors (Lipinski definition) is 1. The van der Waals surface area contributed by atoms with Gasteiger partial charge in [-0.1, -0.05) is 0 Å². The fourth-order valence-corrected chi connectivity index (χ4v) is 6.84. The van der Waals surface area contributed by atoms with Crippen molar-refractivity contribution in [2.24, 2.45) is 5.92 Å². The number of sulfonamides is 1. The number of carbonyl (C=O) groups is 1. The molecule has 0 radical (unpaired) electrons. The van der Waals surface area contributed by atoms with Crippen molar-refractivity contribution < 1.29 is 27.8 Å². The van der Waals surface area contributed by atoms with E-state index in [-0.39, 0.29) is 42.7 Å². The van der Waals surface area contributed by atoms with Crippen LogP contribution in [0.25, 0.3) is 0 Å². The number of hydrogen-bond acceptors (Lipinski definition) is 7. The molecule has 2 aliphatic rings. The van der Waals surface area contributed by atoms with Gasteiger partial charge in [0.1, 0.15) is 12.4 Å². The van der Waals surface area contributed by atoms with E-state index in [2.05, 4.69) is 4.90 Å². The molecule has 1 heterocycles. The third-order valence-electron chi connectivity index (χ3n) is 7.66. The van der Waals surface area contributed by atoms with Crippen LogP contribution in [0.15, 0.2) is 17.0 Å². The average Bonchev–Trinajstić information content (AvgIpc) is 2.82. The van der Waals surface area contributed by atoms with Crippen LogP contribution < -0.4 is 4.74 Å². The molecule has 1 amide bonds. The number of likely N-dealkylation sites (N-methyl/N-ethyl adjacent to an activating group) is 2. The number of β-amino-alcohol motifs (C(OH)–C–C–N with tert-alkyl or cyclic N) is 1. The van der Waals surface area contributed by atoms with Gasteiger partial charge in [0.05, 0.1) is 24.7 Å². The Hall–Kier alpha value is -1.72. The number of aliphatic hydroxyl groups is 1. The molecule has 0 atom stereocenters. The Balaban J connectivity index is 1.38. The number of ether oxygens (including phenoxy) is 2. The topological polar surface area (TPSA) is 99.6 Å². The van der Waals surface area contributed by atoms with Gasteiger partial charge in [-0.05, 0) is 81.7 Å². The van der Waals surface area contributed by atoms with Gasteiger partial charge in [0.15, 0.2) is 0 Å². The highest BCUT2D eigenvalue weighted by Crippen LogP contribution is 2.30. The Morgan fingerprint density at radius 3 is 2.28 bits per heavy atom. The number of likely N-dealkylation sites (tertiary alicyclic amines) is 1. The molecule has 2 fully saturated rings. The highest BCUT2D eigenvalue weighted by molar-refractivity contribution is 7.89. The molecule has 9 nitrogen and oxygen atoms in total. The van der Waals surface area contributed by atoms with E-state index in [1.54, 1.807) is 38.0 Å². The number of amides is 1. The van der Waals surface area contributed by atoms with Gasteiger partial charge in [0.2, 0.25) is 15.9 Å². The van der Waals surface area contributed by atoms with Crippen LogP contribution in [0, 0.1) is 19.8 Å². The first kappa shape index (κ1) is 28.8. The van der Waals surface area contributed by atoms with Crippen molar-refractivity contribution in [1.82, 2.24) is 14.1 Å².